The largest absolute Gasteiger partial charge is 0.376 e. The van der Waals surface area contributed by atoms with E-state index in [2.05, 4.69) is 60.1 Å². The number of hydrogen-bond acceptors (Lipinski definition) is 4. The summed E-state index contributed by atoms with van der Waals surface area (Å²) in [5, 5.41) is 0.748. The molecule has 1 atom stereocenters. The summed E-state index contributed by atoms with van der Waals surface area (Å²) in [4.78, 5) is 19.9. The first-order valence-corrected chi connectivity index (χ1v) is 11.7. The van der Waals surface area contributed by atoms with Gasteiger partial charge in [0.15, 0.2) is 5.13 Å². The van der Waals surface area contributed by atoms with Gasteiger partial charge in [0, 0.05) is 11.1 Å². The fraction of sp³-hybridized carbons (Fsp3) is 0.391. The molecule has 4 rings (SSSR count). The van der Waals surface area contributed by atoms with Crippen molar-refractivity contribution in [2.75, 3.05) is 18.1 Å². The van der Waals surface area contributed by atoms with Crippen LogP contribution in [0.4, 0.5) is 5.13 Å². The number of fused-ring (bicyclic) bond motifs is 1. The van der Waals surface area contributed by atoms with Crippen molar-refractivity contribution in [3.8, 4) is 0 Å². The quantitative estimate of drug-likeness (QED) is 0.445. The number of nitrogens with zero attached hydrogens (tertiary/aromatic N) is 2. The summed E-state index contributed by atoms with van der Waals surface area (Å²) >= 11 is 5.07. The predicted molar refractivity (Wildman–Crippen MR) is 123 cm³/mol. The lowest BCUT2D eigenvalue weighted by atomic mass is 10.0. The minimum Gasteiger partial charge on any atom is -0.376 e. The molecule has 0 saturated carbocycles. The predicted octanol–water partition coefficient (Wildman–Crippen LogP) is 5.94. The van der Waals surface area contributed by atoms with Crippen LogP contribution in [-0.2, 0) is 16.0 Å². The molecule has 1 saturated heterocycles. The first-order chi connectivity index (χ1) is 14.0. The number of carbonyl (C=O) groups excluding carboxylic acids is 1. The van der Waals surface area contributed by atoms with Gasteiger partial charge in [0.1, 0.15) is 0 Å². The Balaban J connectivity index is 1.59. The Morgan fingerprint density at radius 2 is 2.07 bits per heavy atom. The van der Waals surface area contributed by atoms with E-state index in [9.17, 15) is 4.79 Å². The van der Waals surface area contributed by atoms with Crippen LogP contribution in [0.1, 0.15) is 43.7 Å². The van der Waals surface area contributed by atoms with Crippen LogP contribution in [0.2, 0.25) is 0 Å². The topological polar surface area (TPSA) is 42.4 Å². The van der Waals surface area contributed by atoms with Gasteiger partial charge in [-0.15, -0.1) is 0 Å². The van der Waals surface area contributed by atoms with E-state index in [0.29, 0.717) is 18.9 Å². The number of anilines is 1. The Labute approximate surface area is 184 Å². The number of thiazole rings is 1. The summed E-state index contributed by atoms with van der Waals surface area (Å²) in [6, 6.07) is 14.4. The molecule has 1 fully saturated rings. The lowest BCUT2D eigenvalue weighted by Gasteiger charge is -2.23. The van der Waals surface area contributed by atoms with Crippen LogP contribution in [0.5, 0.6) is 0 Å². The van der Waals surface area contributed by atoms with Gasteiger partial charge in [-0.1, -0.05) is 65.4 Å². The second-order valence-corrected chi connectivity index (χ2v) is 9.75. The maximum atomic E-state index is 13.3. The second kappa shape index (κ2) is 8.94. The van der Waals surface area contributed by atoms with Gasteiger partial charge in [0.2, 0.25) is 5.91 Å². The van der Waals surface area contributed by atoms with Crippen molar-refractivity contribution < 1.29 is 9.53 Å². The van der Waals surface area contributed by atoms with E-state index in [0.717, 1.165) is 44.8 Å². The van der Waals surface area contributed by atoms with Crippen molar-refractivity contribution >= 4 is 48.5 Å². The normalized spacial score (nSPS) is 16.6. The minimum atomic E-state index is 0.0657. The van der Waals surface area contributed by atoms with Crippen LogP contribution in [0.3, 0.4) is 0 Å². The molecule has 1 aromatic heterocycles. The molecule has 1 aliphatic heterocycles. The zero-order valence-electron chi connectivity index (χ0n) is 16.7. The average Bonchev–Trinajstić information content (AvgIpc) is 3.35. The van der Waals surface area contributed by atoms with Crippen LogP contribution in [0.15, 0.2) is 46.9 Å². The smallest absolute Gasteiger partial charge is 0.233 e. The summed E-state index contributed by atoms with van der Waals surface area (Å²) in [5.74, 6) is 0.550. The molecule has 1 aliphatic rings. The molecule has 6 heteroatoms. The lowest BCUT2D eigenvalue weighted by molar-refractivity contribution is -0.118. The van der Waals surface area contributed by atoms with Crippen LogP contribution in [-0.4, -0.2) is 30.1 Å². The fourth-order valence-electron chi connectivity index (χ4n) is 3.57. The van der Waals surface area contributed by atoms with Gasteiger partial charge in [0.05, 0.1) is 29.3 Å². The highest BCUT2D eigenvalue weighted by molar-refractivity contribution is 9.10. The third-order valence-electron chi connectivity index (χ3n) is 5.28. The fourth-order valence-corrected chi connectivity index (χ4v) is 5.11. The number of aromatic nitrogens is 1. The SMILES string of the molecule is CC(C)c1ccc(CC(=O)N(CC2CCCO2)c2nc3ccc(Br)cc3s2)cc1. The first kappa shape index (κ1) is 20.5. The van der Waals surface area contributed by atoms with E-state index in [-0.39, 0.29) is 12.0 Å². The highest BCUT2D eigenvalue weighted by Crippen LogP contribution is 2.32. The van der Waals surface area contributed by atoms with Gasteiger partial charge >= 0.3 is 0 Å². The molecule has 0 aliphatic carbocycles. The van der Waals surface area contributed by atoms with Crippen molar-refractivity contribution in [2.24, 2.45) is 0 Å². The summed E-state index contributed by atoms with van der Waals surface area (Å²) in [7, 11) is 0. The Morgan fingerprint density at radius 3 is 2.76 bits per heavy atom. The van der Waals surface area contributed by atoms with E-state index < -0.39 is 0 Å². The van der Waals surface area contributed by atoms with E-state index in [1.165, 1.54) is 5.56 Å². The second-order valence-electron chi connectivity index (χ2n) is 7.82. The Kier molecular flexibility index (Phi) is 6.32. The highest BCUT2D eigenvalue weighted by Gasteiger charge is 2.26. The number of hydrogen-bond donors (Lipinski definition) is 0. The Hall–Kier alpha value is -1.76. The number of rotatable bonds is 6. The summed E-state index contributed by atoms with van der Waals surface area (Å²) < 4.78 is 7.90. The molecule has 3 aromatic rings. The van der Waals surface area contributed by atoms with Gasteiger partial charge in [0.25, 0.3) is 0 Å². The van der Waals surface area contributed by atoms with E-state index >= 15 is 0 Å². The van der Waals surface area contributed by atoms with Crippen LogP contribution in [0.25, 0.3) is 10.2 Å². The van der Waals surface area contributed by atoms with Gasteiger partial charge in [-0.3, -0.25) is 9.69 Å². The van der Waals surface area contributed by atoms with Crippen LogP contribution >= 0.6 is 27.3 Å². The first-order valence-electron chi connectivity index (χ1n) is 10.1. The van der Waals surface area contributed by atoms with Gasteiger partial charge < -0.3 is 4.74 Å². The third kappa shape index (κ3) is 4.87. The number of carbonyl (C=O) groups is 1. The van der Waals surface area contributed by atoms with E-state index in [1.54, 1.807) is 11.3 Å². The molecule has 1 amide bonds. The van der Waals surface area contributed by atoms with E-state index in [1.807, 2.05) is 17.0 Å². The molecule has 2 heterocycles. The van der Waals surface area contributed by atoms with Crippen molar-refractivity contribution in [1.29, 1.82) is 0 Å². The van der Waals surface area contributed by atoms with Crippen molar-refractivity contribution in [1.82, 2.24) is 4.98 Å². The van der Waals surface area contributed by atoms with Crippen LogP contribution < -0.4 is 4.90 Å². The Bertz CT molecular complexity index is 994. The maximum Gasteiger partial charge on any atom is 0.233 e. The zero-order valence-corrected chi connectivity index (χ0v) is 19.1. The molecule has 4 nitrogen and oxygen atoms in total. The summed E-state index contributed by atoms with van der Waals surface area (Å²) in [5.41, 5.74) is 3.23. The average molecular weight is 473 g/mol. The number of benzene rings is 2. The minimum absolute atomic E-state index is 0.0657. The molecular weight excluding hydrogens is 448 g/mol. The lowest BCUT2D eigenvalue weighted by Crippen LogP contribution is -2.38. The molecule has 1 unspecified atom stereocenters. The molecule has 2 aromatic carbocycles. The molecule has 0 spiro atoms. The standard InChI is InChI=1S/C23H25BrN2O2S/c1-15(2)17-7-5-16(6-8-17)12-22(27)26(14-19-4-3-11-28-19)23-25-20-10-9-18(24)13-21(20)29-23/h5-10,13,15,19H,3-4,11-12,14H2,1-2H3. The third-order valence-corrected chi connectivity index (χ3v) is 6.82. The molecular formula is C23H25BrN2O2S. The molecule has 29 heavy (non-hydrogen) atoms. The number of ether oxygens (including phenoxy) is 1. The molecule has 152 valence electrons. The zero-order chi connectivity index (χ0) is 20.4. The van der Waals surface area contributed by atoms with Gasteiger partial charge in [-0.25, -0.2) is 4.98 Å². The van der Waals surface area contributed by atoms with Crippen molar-refractivity contribution in [3.63, 3.8) is 0 Å². The highest BCUT2D eigenvalue weighted by atomic mass is 79.9. The summed E-state index contributed by atoms with van der Waals surface area (Å²) in [6.07, 6.45) is 2.49. The molecule has 0 N–H and O–H groups in total. The monoisotopic (exact) mass is 472 g/mol. The Morgan fingerprint density at radius 1 is 1.28 bits per heavy atom. The maximum absolute atomic E-state index is 13.3. The van der Waals surface area contributed by atoms with Crippen molar-refractivity contribution in [3.05, 3.63) is 58.1 Å². The number of amides is 1. The molecule has 0 radical (unpaired) electrons. The number of halogens is 1. The summed E-state index contributed by atoms with van der Waals surface area (Å²) in [6.45, 7) is 5.68. The molecule has 0 bridgehead atoms. The van der Waals surface area contributed by atoms with E-state index in [4.69, 9.17) is 9.72 Å². The van der Waals surface area contributed by atoms with Crippen LogP contribution in [0, 0.1) is 0 Å². The van der Waals surface area contributed by atoms with Gasteiger partial charge in [-0.05, 0) is 48.1 Å². The van der Waals surface area contributed by atoms with Crippen molar-refractivity contribution in [2.45, 2.75) is 45.1 Å². The van der Waals surface area contributed by atoms with Gasteiger partial charge in [-0.2, -0.15) is 0 Å².